The predicted octanol–water partition coefficient (Wildman–Crippen LogP) is 4.10. The van der Waals surface area contributed by atoms with Crippen molar-refractivity contribution in [2.75, 3.05) is 0 Å². The number of hydrogen-bond donors (Lipinski definition) is 1. The van der Waals surface area contributed by atoms with Gasteiger partial charge in [-0.3, -0.25) is 9.89 Å². The molecule has 1 N–H and O–H groups in total. The van der Waals surface area contributed by atoms with Gasteiger partial charge >= 0.3 is 0 Å². The highest BCUT2D eigenvalue weighted by Gasteiger charge is 2.61. The molecule has 2 aliphatic carbocycles. The summed E-state index contributed by atoms with van der Waals surface area (Å²) in [6.07, 6.45) is 2.29. The van der Waals surface area contributed by atoms with E-state index < -0.39 is 0 Å². The van der Waals surface area contributed by atoms with Gasteiger partial charge in [0.2, 0.25) is 0 Å². The molecule has 4 rings (SSSR count). The van der Waals surface area contributed by atoms with Crippen LogP contribution in [-0.4, -0.2) is 9.78 Å². The Morgan fingerprint density at radius 1 is 1.33 bits per heavy atom. The normalized spacial score (nSPS) is 28.9. The molecule has 0 aliphatic heterocycles. The minimum absolute atomic E-state index is 0.0867. The second kappa shape index (κ2) is 3.92. The van der Waals surface area contributed by atoms with Crippen LogP contribution in [0.4, 0.5) is 0 Å². The van der Waals surface area contributed by atoms with E-state index in [1.807, 2.05) is 24.3 Å². The van der Waals surface area contributed by atoms with Crippen molar-refractivity contribution in [3.63, 3.8) is 0 Å². The first kappa shape index (κ1) is 13.4. The van der Waals surface area contributed by atoms with Crippen LogP contribution in [0.15, 0.2) is 33.5 Å². The largest absolute Gasteiger partial charge is 0.294 e. The average molecular weight is 347 g/mol. The zero-order valence-corrected chi connectivity index (χ0v) is 14.1. The summed E-state index contributed by atoms with van der Waals surface area (Å²) in [7, 11) is 0. The average Bonchev–Trinajstić information content (AvgIpc) is 2.94. The lowest BCUT2D eigenvalue weighted by molar-refractivity contribution is 0.224. The van der Waals surface area contributed by atoms with Crippen molar-refractivity contribution in [2.24, 2.45) is 5.41 Å². The van der Waals surface area contributed by atoms with Crippen LogP contribution in [0, 0.1) is 5.41 Å². The molecular weight excluding hydrogens is 328 g/mol. The molecule has 3 nitrogen and oxygen atoms in total. The SMILES string of the molecule is CC1(C)[C@@H]2CC[C@@]1(C)c1[nH]n(-c3cccc(Br)c3)c(=O)c12. The van der Waals surface area contributed by atoms with E-state index >= 15 is 0 Å². The molecule has 1 aromatic carbocycles. The van der Waals surface area contributed by atoms with Crippen LogP contribution in [0.25, 0.3) is 5.69 Å². The van der Waals surface area contributed by atoms with Crippen molar-refractivity contribution in [1.82, 2.24) is 9.78 Å². The van der Waals surface area contributed by atoms with Crippen molar-refractivity contribution in [2.45, 2.75) is 44.9 Å². The molecule has 0 amide bonds. The number of benzene rings is 1. The van der Waals surface area contributed by atoms with Crippen molar-refractivity contribution < 1.29 is 0 Å². The first-order valence-electron chi connectivity index (χ1n) is 7.47. The number of rotatable bonds is 1. The van der Waals surface area contributed by atoms with Crippen LogP contribution in [0.5, 0.6) is 0 Å². The molecule has 4 heteroatoms. The zero-order valence-electron chi connectivity index (χ0n) is 12.5. The molecule has 2 aromatic rings. The van der Waals surface area contributed by atoms with Crippen molar-refractivity contribution in [3.8, 4) is 5.69 Å². The maximum atomic E-state index is 12.9. The number of aromatic nitrogens is 2. The first-order chi connectivity index (χ1) is 9.86. The molecule has 2 bridgehead atoms. The fourth-order valence-electron chi connectivity index (χ4n) is 4.44. The molecule has 110 valence electrons. The molecule has 21 heavy (non-hydrogen) atoms. The number of halogens is 1. The van der Waals surface area contributed by atoms with Crippen molar-refractivity contribution in [1.29, 1.82) is 0 Å². The van der Waals surface area contributed by atoms with E-state index in [0.29, 0.717) is 5.92 Å². The van der Waals surface area contributed by atoms with E-state index in [4.69, 9.17) is 0 Å². The third kappa shape index (κ3) is 1.47. The summed E-state index contributed by atoms with van der Waals surface area (Å²) < 4.78 is 2.69. The fraction of sp³-hybridized carbons (Fsp3) is 0.471. The fourth-order valence-corrected chi connectivity index (χ4v) is 4.83. The van der Waals surface area contributed by atoms with E-state index in [1.165, 1.54) is 0 Å². The Morgan fingerprint density at radius 2 is 2.10 bits per heavy atom. The van der Waals surface area contributed by atoms with Gasteiger partial charge in [-0.25, -0.2) is 4.68 Å². The summed E-state index contributed by atoms with van der Waals surface area (Å²) >= 11 is 3.48. The molecular formula is C17H19BrN2O. The third-order valence-corrected chi connectivity index (χ3v) is 6.61. The molecule has 1 fully saturated rings. The summed E-state index contributed by atoms with van der Waals surface area (Å²) in [5, 5.41) is 3.42. The van der Waals surface area contributed by atoms with E-state index in [9.17, 15) is 4.79 Å². The number of nitrogens with zero attached hydrogens (tertiary/aromatic N) is 1. The van der Waals surface area contributed by atoms with Crippen LogP contribution in [0.2, 0.25) is 0 Å². The van der Waals surface area contributed by atoms with Crippen LogP contribution >= 0.6 is 15.9 Å². The Balaban J connectivity index is 1.95. The zero-order chi connectivity index (χ0) is 15.0. The highest BCUT2D eigenvalue weighted by atomic mass is 79.9. The first-order valence-corrected chi connectivity index (χ1v) is 8.27. The molecule has 0 spiro atoms. The van der Waals surface area contributed by atoms with Gasteiger partial charge in [0.1, 0.15) is 0 Å². The maximum absolute atomic E-state index is 12.9. The lowest BCUT2D eigenvalue weighted by Gasteiger charge is -2.34. The molecule has 0 saturated heterocycles. The van der Waals surface area contributed by atoms with E-state index in [2.05, 4.69) is 41.8 Å². The monoisotopic (exact) mass is 346 g/mol. The number of H-pyrrole nitrogens is 1. The quantitative estimate of drug-likeness (QED) is 0.829. The Bertz CT molecular complexity index is 801. The van der Waals surface area contributed by atoms with Gasteiger partial charge in [-0.2, -0.15) is 0 Å². The molecule has 1 aromatic heterocycles. The Kier molecular flexibility index (Phi) is 2.49. The van der Waals surface area contributed by atoms with E-state index in [1.54, 1.807) is 4.68 Å². The van der Waals surface area contributed by atoms with Gasteiger partial charge in [-0.05, 0) is 42.4 Å². The highest BCUT2D eigenvalue weighted by molar-refractivity contribution is 9.10. The minimum atomic E-state index is 0.0867. The van der Waals surface area contributed by atoms with Gasteiger partial charge in [0.15, 0.2) is 0 Å². The van der Waals surface area contributed by atoms with Crippen molar-refractivity contribution in [3.05, 3.63) is 50.3 Å². The van der Waals surface area contributed by atoms with Gasteiger partial charge in [0, 0.05) is 21.1 Å². The van der Waals surface area contributed by atoms with Crippen LogP contribution in [0.1, 0.15) is 50.8 Å². The van der Waals surface area contributed by atoms with Crippen molar-refractivity contribution >= 4 is 15.9 Å². The number of nitrogens with one attached hydrogen (secondary N) is 1. The second-order valence-electron chi connectivity index (χ2n) is 7.17. The number of fused-ring (bicyclic) bond motifs is 5. The molecule has 0 unspecified atom stereocenters. The summed E-state index contributed by atoms with van der Waals surface area (Å²) in [6, 6.07) is 7.87. The lowest BCUT2D eigenvalue weighted by atomic mass is 9.70. The van der Waals surface area contributed by atoms with Gasteiger partial charge < -0.3 is 0 Å². The van der Waals surface area contributed by atoms with Gasteiger partial charge in [-0.15, -0.1) is 0 Å². The maximum Gasteiger partial charge on any atom is 0.274 e. The van der Waals surface area contributed by atoms with Gasteiger partial charge in [-0.1, -0.05) is 42.8 Å². The topological polar surface area (TPSA) is 37.8 Å². The standard InChI is InChI=1S/C17H19BrN2O/c1-16(2)12-7-8-17(16,3)14-13(12)15(21)20(19-14)11-6-4-5-10(18)9-11/h4-6,9,12,19H,7-8H2,1-3H3/t12-,17+/m1/s1. The summed E-state index contributed by atoms with van der Waals surface area (Å²) in [5.74, 6) is 0.384. The van der Waals surface area contributed by atoms with Gasteiger partial charge in [0.05, 0.1) is 5.69 Å². The Morgan fingerprint density at radius 3 is 2.76 bits per heavy atom. The summed E-state index contributed by atoms with van der Waals surface area (Å²) in [5.41, 5.74) is 3.46. The van der Waals surface area contributed by atoms with Gasteiger partial charge in [0.25, 0.3) is 5.56 Å². The highest BCUT2D eigenvalue weighted by Crippen LogP contribution is 2.66. The smallest absolute Gasteiger partial charge is 0.274 e. The summed E-state index contributed by atoms with van der Waals surface area (Å²) in [6.45, 7) is 6.92. The molecule has 1 heterocycles. The Labute approximate surface area is 132 Å². The predicted molar refractivity (Wildman–Crippen MR) is 87.2 cm³/mol. The van der Waals surface area contributed by atoms with Crippen LogP contribution in [0.3, 0.4) is 0 Å². The summed E-state index contributed by atoms with van der Waals surface area (Å²) in [4.78, 5) is 12.9. The van der Waals surface area contributed by atoms with Crippen LogP contribution < -0.4 is 5.56 Å². The number of aromatic amines is 1. The molecule has 1 saturated carbocycles. The number of hydrogen-bond acceptors (Lipinski definition) is 1. The Hall–Kier alpha value is -1.29. The van der Waals surface area contributed by atoms with E-state index in [0.717, 1.165) is 34.3 Å². The second-order valence-corrected chi connectivity index (χ2v) is 8.08. The van der Waals surface area contributed by atoms with Crippen LogP contribution in [-0.2, 0) is 5.41 Å². The minimum Gasteiger partial charge on any atom is -0.294 e. The molecule has 2 atom stereocenters. The lowest BCUT2D eigenvalue weighted by Crippen LogP contribution is -2.33. The van der Waals surface area contributed by atoms with E-state index in [-0.39, 0.29) is 16.4 Å². The third-order valence-electron chi connectivity index (χ3n) is 6.12. The molecule has 0 radical (unpaired) electrons. The molecule has 2 aliphatic rings.